The number of aromatic nitrogens is 2. The van der Waals surface area contributed by atoms with E-state index in [4.69, 9.17) is 26.4 Å². The van der Waals surface area contributed by atoms with Gasteiger partial charge in [-0.1, -0.05) is 74.5 Å². The highest BCUT2D eigenvalue weighted by atomic mass is 35.5. The van der Waals surface area contributed by atoms with Crippen LogP contribution >= 0.6 is 23.2 Å². The van der Waals surface area contributed by atoms with E-state index in [9.17, 15) is 14.4 Å². The van der Waals surface area contributed by atoms with Gasteiger partial charge in [-0.25, -0.2) is 9.78 Å². The molecule has 52 heavy (non-hydrogen) atoms. The minimum Gasteiger partial charge on any atom is -0.478 e. The van der Waals surface area contributed by atoms with Gasteiger partial charge in [0.05, 0.1) is 17.3 Å². The van der Waals surface area contributed by atoms with Crippen LogP contribution in [0.25, 0.3) is 5.57 Å². The molecule has 9 nitrogen and oxygen atoms in total. The monoisotopic (exact) mass is 746 g/mol. The van der Waals surface area contributed by atoms with Crippen LogP contribution in [0.5, 0.6) is 11.5 Å². The van der Waals surface area contributed by atoms with E-state index in [1.807, 2.05) is 99.1 Å². The quantitative estimate of drug-likeness (QED) is 0.0775. The Morgan fingerprint density at radius 3 is 2.10 bits per heavy atom. The molecule has 0 saturated carbocycles. The van der Waals surface area contributed by atoms with Crippen molar-refractivity contribution < 1.29 is 24.2 Å². The fourth-order valence-corrected chi connectivity index (χ4v) is 4.93. The molecule has 0 bridgehead atoms. The number of carboxylic acid groups (broad SMARTS) is 1. The van der Waals surface area contributed by atoms with Crippen LogP contribution in [0.15, 0.2) is 115 Å². The molecule has 0 aliphatic heterocycles. The number of aryl methyl sites for hydroxylation is 1. The smallest absolute Gasteiger partial charge is 0.335 e. The Morgan fingerprint density at radius 2 is 1.52 bits per heavy atom. The number of ether oxygens (including phenoxy) is 1. The molecule has 276 valence electrons. The second-order valence-electron chi connectivity index (χ2n) is 11.0. The van der Waals surface area contributed by atoms with Gasteiger partial charge in [-0.05, 0) is 92.4 Å². The van der Waals surface area contributed by atoms with E-state index in [2.05, 4.69) is 28.8 Å². The number of amides is 2. The summed E-state index contributed by atoms with van der Waals surface area (Å²) in [6.45, 7) is 12.3. The Hall–Kier alpha value is -5.12. The molecule has 0 saturated heterocycles. The van der Waals surface area contributed by atoms with Gasteiger partial charge < -0.3 is 25.0 Å². The highest BCUT2D eigenvalue weighted by Crippen LogP contribution is 2.26. The van der Waals surface area contributed by atoms with Crippen LogP contribution in [-0.4, -0.2) is 38.8 Å². The van der Waals surface area contributed by atoms with Crippen LogP contribution in [0.1, 0.15) is 80.4 Å². The zero-order valence-electron chi connectivity index (χ0n) is 30.4. The summed E-state index contributed by atoms with van der Waals surface area (Å²) in [4.78, 5) is 41.7. The first-order valence-corrected chi connectivity index (χ1v) is 18.1. The topological polar surface area (TPSA) is 123 Å². The predicted octanol–water partition coefficient (Wildman–Crippen LogP) is 10.2. The lowest BCUT2D eigenvalue weighted by Gasteiger charge is -2.20. The number of benzene rings is 3. The van der Waals surface area contributed by atoms with Crippen molar-refractivity contribution in [3.8, 4) is 11.5 Å². The normalized spacial score (nSPS) is 11.5. The molecule has 1 aromatic heterocycles. The number of allylic oxidation sites excluding steroid dienone is 5. The van der Waals surface area contributed by atoms with Gasteiger partial charge in [0.2, 0.25) is 11.8 Å². The maximum Gasteiger partial charge on any atom is 0.335 e. The largest absolute Gasteiger partial charge is 0.478 e. The first-order chi connectivity index (χ1) is 25.1. The first kappa shape index (κ1) is 43.0. The molecule has 0 aliphatic carbocycles. The third-order valence-electron chi connectivity index (χ3n) is 7.45. The number of carbonyl (C=O) groups excluding carboxylic acids is 2. The Bertz CT molecular complexity index is 1780. The summed E-state index contributed by atoms with van der Waals surface area (Å²) in [5.74, 6) is 0.466. The number of nitrogens with one attached hydrogen (secondary N) is 2. The Kier molecular flexibility index (Phi) is 19.3. The number of hydrogen-bond acceptors (Lipinski definition) is 5. The summed E-state index contributed by atoms with van der Waals surface area (Å²) in [6.07, 6.45) is 9.85. The molecule has 3 N–H and O–H groups in total. The molecule has 0 spiro atoms. The molecule has 0 fully saturated rings. The zero-order chi connectivity index (χ0) is 38.5. The van der Waals surface area contributed by atoms with Crippen LogP contribution in [0.2, 0.25) is 0 Å². The third kappa shape index (κ3) is 14.2. The third-order valence-corrected chi connectivity index (χ3v) is 7.73. The lowest BCUT2D eigenvalue weighted by molar-refractivity contribution is -0.122. The number of hydrogen-bond donors (Lipinski definition) is 3. The average molecular weight is 748 g/mol. The molecular formula is C41H48Cl2N4O5. The van der Waals surface area contributed by atoms with Crippen LogP contribution in [-0.2, 0) is 22.6 Å². The highest BCUT2D eigenvalue weighted by Gasteiger charge is 2.22. The Morgan fingerprint density at radius 1 is 0.923 bits per heavy atom. The van der Waals surface area contributed by atoms with Gasteiger partial charge in [-0.3, -0.25) is 9.59 Å². The molecule has 4 rings (SSSR count). The number of imidazole rings is 1. The maximum atomic E-state index is 13.3. The van der Waals surface area contributed by atoms with E-state index in [-0.39, 0.29) is 30.2 Å². The van der Waals surface area contributed by atoms with Gasteiger partial charge in [0, 0.05) is 42.7 Å². The Balaban J connectivity index is 0.00000226. The van der Waals surface area contributed by atoms with E-state index < -0.39 is 12.0 Å². The molecule has 2 amide bonds. The van der Waals surface area contributed by atoms with Crippen molar-refractivity contribution in [1.82, 2.24) is 14.9 Å². The van der Waals surface area contributed by atoms with Gasteiger partial charge in [-0.2, -0.15) is 0 Å². The van der Waals surface area contributed by atoms with Gasteiger partial charge in [0.15, 0.2) is 0 Å². The molecule has 1 heterocycles. The summed E-state index contributed by atoms with van der Waals surface area (Å²) in [6, 6.07) is 22.4. The van der Waals surface area contributed by atoms with Crippen LogP contribution in [0, 0.1) is 0 Å². The Labute approximate surface area is 317 Å². The molecule has 0 aliphatic rings. The summed E-state index contributed by atoms with van der Waals surface area (Å²) >= 11 is 10.7. The fourth-order valence-electron chi connectivity index (χ4n) is 4.87. The number of rotatable bonds is 16. The average Bonchev–Trinajstić information content (AvgIpc) is 3.61. The van der Waals surface area contributed by atoms with Crippen molar-refractivity contribution in [2.75, 3.05) is 11.7 Å². The van der Waals surface area contributed by atoms with Crippen LogP contribution in [0.4, 0.5) is 5.69 Å². The standard InChI is InChI=1S/C38H39ClN4O5.C2H6.CH3Cl/c1-4-29(39)19-14-26(3)34-25-43(5-2)37(42-34)33(41-36(45)13-9-12-35(44)40-30-10-7-6-8-11-30)24-27-15-20-31(21-16-27)48-32-22-17-28(18-23-32)38(46)47;2*1-2/h4,6-8,10-11,14-23,25,33H,1,5,9,12-13,24H2,2-3H3,(H,40,44)(H,41,45)(H,46,47);1-2H3;1H3/b26-14+,29-19+;;. The van der Waals surface area contributed by atoms with Crippen molar-refractivity contribution in [2.45, 2.75) is 66.0 Å². The number of nitrogens with zero attached hydrogens (tertiary/aromatic N) is 2. The molecule has 1 atom stereocenters. The van der Waals surface area contributed by atoms with Gasteiger partial charge in [-0.15, -0.1) is 11.6 Å². The first-order valence-electron chi connectivity index (χ1n) is 17.0. The van der Waals surface area contributed by atoms with Crippen LogP contribution in [0.3, 0.4) is 0 Å². The minimum absolute atomic E-state index is 0.148. The fraction of sp³-hybridized carbons (Fsp3) is 0.268. The predicted molar refractivity (Wildman–Crippen MR) is 212 cm³/mol. The molecule has 4 aromatic rings. The number of anilines is 1. The zero-order valence-corrected chi connectivity index (χ0v) is 31.9. The number of halogens is 2. The molecule has 11 heteroatoms. The second-order valence-corrected chi connectivity index (χ2v) is 11.5. The van der Waals surface area contributed by atoms with Gasteiger partial charge in [0.25, 0.3) is 0 Å². The number of aromatic carboxylic acids is 1. The molecule has 0 radical (unpaired) electrons. The number of carbonyl (C=O) groups is 3. The summed E-state index contributed by atoms with van der Waals surface area (Å²) in [7, 11) is 0. The number of para-hydroxylation sites is 1. The lowest BCUT2D eigenvalue weighted by Crippen LogP contribution is -2.32. The number of carboxylic acids is 1. The van der Waals surface area contributed by atoms with Crippen molar-refractivity contribution in [3.63, 3.8) is 0 Å². The van der Waals surface area contributed by atoms with E-state index in [0.29, 0.717) is 47.4 Å². The van der Waals surface area contributed by atoms with Crippen molar-refractivity contribution in [2.24, 2.45) is 0 Å². The minimum atomic E-state index is -1.00. The summed E-state index contributed by atoms with van der Waals surface area (Å²) in [5, 5.41) is 15.7. The summed E-state index contributed by atoms with van der Waals surface area (Å²) in [5.41, 5.74) is 3.49. The molecular weight excluding hydrogens is 699 g/mol. The van der Waals surface area contributed by atoms with Gasteiger partial charge in [0.1, 0.15) is 17.3 Å². The second kappa shape index (κ2) is 23.4. The summed E-state index contributed by atoms with van der Waals surface area (Å²) < 4.78 is 7.91. The maximum absolute atomic E-state index is 13.3. The SMILES string of the molecule is C=C/C(Cl)=C\C=C(/C)c1cn(CC)c(C(Cc2ccc(Oc3ccc(C(=O)O)cc3)cc2)NC(=O)CCCC(=O)Nc2ccccc2)n1.CC.CCl. The van der Waals surface area contributed by atoms with E-state index in [1.165, 1.54) is 18.5 Å². The van der Waals surface area contributed by atoms with E-state index in [1.54, 1.807) is 24.3 Å². The molecule has 3 aromatic carbocycles. The van der Waals surface area contributed by atoms with Crippen molar-refractivity contribution in [3.05, 3.63) is 138 Å². The van der Waals surface area contributed by atoms with E-state index >= 15 is 0 Å². The molecule has 1 unspecified atom stereocenters. The van der Waals surface area contributed by atoms with Gasteiger partial charge >= 0.3 is 5.97 Å². The van der Waals surface area contributed by atoms with Crippen molar-refractivity contribution >= 4 is 52.2 Å². The van der Waals surface area contributed by atoms with E-state index in [0.717, 1.165) is 16.8 Å². The lowest BCUT2D eigenvalue weighted by atomic mass is 10.0. The van der Waals surface area contributed by atoms with Crippen molar-refractivity contribution in [1.29, 1.82) is 0 Å². The van der Waals surface area contributed by atoms with Crippen LogP contribution < -0.4 is 15.4 Å². The number of alkyl halides is 1. The highest BCUT2D eigenvalue weighted by molar-refractivity contribution is 6.31.